The van der Waals surface area contributed by atoms with Crippen molar-refractivity contribution < 1.29 is 18.0 Å². The Morgan fingerprint density at radius 2 is 1.92 bits per heavy atom. The Hall–Kier alpha value is -2.67. The highest BCUT2D eigenvalue weighted by Crippen LogP contribution is 2.31. The van der Waals surface area contributed by atoms with E-state index in [1.54, 1.807) is 13.0 Å². The first-order valence-electron chi connectivity index (χ1n) is 7.39. The van der Waals surface area contributed by atoms with Crippen molar-refractivity contribution in [2.75, 3.05) is 5.32 Å². The highest BCUT2D eigenvalue weighted by atomic mass is 32.1. The summed E-state index contributed by atoms with van der Waals surface area (Å²) in [7, 11) is 0. The molecule has 1 heterocycles. The van der Waals surface area contributed by atoms with Crippen molar-refractivity contribution in [1.29, 1.82) is 0 Å². The quantitative estimate of drug-likeness (QED) is 0.730. The van der Waals surface area contributed by atoms with Crippen molar-refractivity contribution in [2.24, 2.45) is 0 Å². The van der Waals surface area contributed by atoms with Gasteiger partial charge in [-0.25, -0.2) is 18.2 Å². The monoisotopic (exact) mass is 362 g/mol. The highest BCUT2D eigenvalue weighted by Gasteiger charge is 2.14. The molecule has 0 fully saturated rings. The molecule has 1 amide bonds. The van der Waals surface area contributed by atoms with Crippen molar-refractivity contribution in [1.82, 2.24) is 4.98 Å². The van der Waals surface area contributed by atoms with Crippen LogP contribution in [0.4, 0.5) is 18.3 Å². The van der Waals surface area contributed by atoms with Gasteiger partial charge in [-0.3, -0.25) is 4.79 Å². The van der Waals surface area contributed by atoms with Crippen molar-refractivity contribution in [3.63, 3.8) is 0 Å². The minimum absolute atomic E-state index is 0.0108. The minimum Gasteiger partial charge on any atom is -0.302 e. The summed E-state index contributed by atoms with van der Waals surface area (Å²) in [5.74, 6) is -2.63. The molecule has 0 spiro atoms. The standard InChI is InChI=1S/C18H13F3N2OS/c1-10-17(12-5-6-14(20)15(21)9-12)23-18(25-10)22-16(24)8-11-3-2-4-13(19)7-11/h2-7,9H,8H2,1H3,(H,22,23,24). The summed E-state index contributed by atoms with van der Waals surface area (Å²) in [6.45, 7) is 1.77. The number of hydrogen-bond acceptors (Lipinski definition) is 3. The Kier molecular flexibility index (Phi) is 4.85. The molecule has 0 saturated heterocycles. The molecule has 1 aromatic heterocycles. The van der Waals surface area contributed by atoms with Gasteiger partial charge in [-0.15, -0.1) is 11.3 Å². The van der Waals surface area contributed by atoms with E-state index in [1.807, 2.05) is 0 Å². The van der Waals surface area contributed by atoms with E-state index in [9.17, 15) is 18.0 Å². The number of carbonyl (C=O) groups excluding carboxylic acids is 1. The molecule has 0 radical (unpaired) electrons. The maximum atomic E-state index is 13.4. The second-order valence-electron chi connectivity index (χ2n) is 5.41. The van der Waals surface area contributed by atoms with Gasteiger partial charge >= 0.3 is 0 Å². The maximum Gasteiger partial charge on any atom is 0.230 e. The highest BCUT2D eigenvalue weighted by molar-refractivity contribution is 7.16. The predicted octanol–water partition coefficient (Wildman–Crippen LogP) is 4.72. The average Bonchev–Trinajstić information content (AvgIpc) is 2.90. The molecule has 25 heavy (non-hydrogen) atoms. The van der Waals surface area contributed by atoms with Gasteiger partial charge in [0.1, 0.15) is 5.82 Å². The Morgan fingerprint density at radius 3 is 2.64 bits per heavy atom. The number of benzene rings is 2. The fourth-order valence-corrected chi connectivity index (χ4v) is 3.21. The van der Waals surface area contributed by atoms with Gasteiger partial charge in [-0.2, -0.15) is 0 Å². The van der Waals surface area contributed by atoms with E-state index in [0.29, 0.717) is 22.0 Å². The molecule has 0 aliphatic rings. The van der Waals surface area contributed by atoms with Crippen molar-refractivity contribution in [3.05, 3.63) is 70.4 Å². The van der Waals surface area contributed by atoms with Crippen LogP contribution in [-0.2, 0) is 11.2 Å². The minimum atomic E-state index is -0.957. The molecular weight excluding hydrogens is 349 g/mol. The first-order valence-corrected chi connectivity index (χ1v) is 8.21. The Balaban J connectivity index is 1.75. The SMILES string of the molecule is Cc1sc(NC(=O)Cc2cccc(F)c2)nc1-c1ccc(F)c(F)c1. The first-order chi connectivity index (χ1) is 11.9. The number of nitrogens with one attached hydrogen (secondary N) is 1. The lowest BCUT2D eigenvalue weighted by Gasteiger charge is -2.02. The van der Waals surface area contributed by atoms with Crippen molar-refractivity contribution in [3.8, 4) is 11.3 Å². The smallest absolute Gasteiger partial charge is 0.230 e. The molecule has 0 aliphatic heterocycles. The van der Waals surface area contributed by atoms with E-state index in [4.69, 9.17) is 0 Å². The molecule has 1 N–H and O–H groups in total. The van der Waals surface area contributed by atoms with Crippen LogP contribution in [0.5, 0.6) is 0 Å². The number of thiazole rings is 1. The summed E-state index contributed by atoms with van der Waals surface area (Å²) in [5.41, 5.74) is 1.45. The Labute approximate surface area is 146 Å². The van der Waals surface area contributed by atoms with E-state index in [2.05, 4.69) is 10.3 Å². The lowest BCUT2D eigenvalue weighted by atomic mass is 10.1. The Morgan fingerprint density at radius 1 is 1.12 bits per heavy atom. The average molecular weight is 362 g/mol. The lowest BCUT2D eigenvalue weighted by Crippen LogP contribution is -2.14. The van der Waals surface area contributed by atoms with E-state index >= 15 is 0 Å². The molecule has 3 nitrogen and oxygen atoms in total. The Bertz CT molecular complexity index is 940. The lowest BCUT2D eigenvalue weighted by molar-refractivity contribution is -0.115. The van der Waals surface area contributed by atoms with E-state index in [0.717, 1.165) is 17.0 Å². The number of aryl methyl sites for hydroxylation is 1. The number of anilines is 1. The van der Waals surface area contributed by atoms with E-state index in [1.165, 1.54) is 35.6 Å². The van der Waals surface area contributed by atoms with Gasteiger partial charge < -0.3 is 5.32 Å². The normalized spacial score (nSPS) is 10.7. The van der Waals surface area contributed by atoms with Gasteiger partial charge in [-0.1, -0.05) is 12.1 Å². The van der Waals surface area contributed by atoms with Gasteiger partial charge in [0.15, 0.2) is 16.8 Å². The fourth-order valence-electron chi connectivity index (χ4n) is 2.36. The van der Waals surface area contributed by atoms with Crippen LogP contribution < -0.4 is 5.32 Å². The van der Waals surface area contributed by atoms with Crippen LogP contribution in [0.15, 0.2) is 42.5 Å². The topological polar surface area (TPSA) is 42.0 Å². The fraction of sp³-hybridized carbons (Fsp3) is 0.111. The van der Waals surface area contributed by atoms with Gasteiger partial charge in [-0.05, 0) is 42.8 Å². The third-order valence-electron chi connectivity index (χ3n) is 3.49. The number of hydrogen-bond donors (Lipinski definition) is 1. The molecule has 0 saturated carbocycles. The first kappa shape index (κ1) is 17.2. The second kappa shape index (κ2) is 7.06. The van der Waals surface area contributed by atoms with Crippen LogP contribution in [0.25, 0.3) is 11.3 Å². The second-order valence-corrected chi connectivity index (χ2v) is 6.61. The summed E-state index contributed by atoms with van der Waals surface area (Å²) in [5, 5.41) is 2.99. The zero-order valence-electron chi connectivity index (χ0n) is 13.1. The molecule has 2 aromatic carbocycles. The summed E-state index contributed by atoms with van der Waals surface area (Å²) in [6, 6.07) is 9.31. The zero-order valence-corrected chi connectivity index (χ0v) is 14.0. The van der Waals surface area contributed by atoms with Crippen LogP contribution in [-0.4, -0.2) is 10.9 Å². The van der Waals surface area contributed by atoms with Gasteiger partial charge in [0, 0.05) is 10.4 Å². The van der Waals surface area contributed by atoms with E-state index in [-0.39, 0.29) is 12.3 Å². The number of nitrogens with zero attached hydrogens (tertiary/aromatic N) is 1. The molecule has 0 atom stereocenters. The predicted molar refractivity (Wildman–Crippen MR) is 90.9 cm³/mol. The van der Waals surface area contributed by atoms with Crippen molar-refractivity contribution >= 4 is 22.4 Å². The van der Waals surface area contributed by atoms with Crippen LogP contribution >= 0.6 is 11.3 Å². The molecule has 128 valence electrons. The molecular formula is C18H13F3N2OS. The summed E-state index contributed by atoms with van der Waals surface area (Å²) in [4.78, 5) is 17.1. The number of halogens is 3. The van der Waals surface area contributed by atoms with Crippen LogP contribution in [0.1, 0.15) is 10.4 Å². The summed E-state index contributed by atoms with van der Waals surface area (Å²) < 4.78 is 39.6. The number of aromatic nitrogens is 1. The van der Waals surface area contributed by atoms with Gasteiger partial charge in [0.2, 0.25) is 5.91 Å². The molecule has 0 aliphatic carbocycles. The molecule has 0 bridgehead atoms. The number of rotatable bonds is 4. The number of amides is 1. The largest absolute Gasteiger partial charge is 0.302 e. The van der Waals surface area contributed by atoms with Crippen LogP contribution in [0.3, 0.4) is 0 Å². The van der Waals surface area contributed by atoms with Crippen LogP contribution in [0, 0.1) is 24.4 Å². The van der Waals surface area contributed by atoms with Gasteiger partial charge in [0.05, 0.1) is 12.1 Å². The van der Waals surface area contributed by atoms with Gasteiger partial charge in [0.25, 0.3) is 0 Å². The van der Waals surface area contributed by atoms with E-state index < -0.39 is 17.5 Å². The zero-order chi connectivity index (χ0) is 18.0. The molecule has 0 unspecified atom stereocenters. The molecule has 3 aromatic rings. The number of carbonyl (C=O) groups is 1. The molecule has 3 rings (SSSR count). The summed E-state index contributed by atoms with van der Waals surface area (Å²) >= 11 is 1.23. The van der Waals surface area contributed by atoms with Crippen molar-refractivity contribution in [2.45, 2.75) is 13.3 Å². The third kappa shape index (κ3) is 4.06. The third-order valence-corrected chi connectivity index (χ3v) is 4.38. The summed E-state index contributed by atoms with van der Waals surface area (Å²) in [6.07, 6.45) is 0.0108. The van der Waals surface area contributed by atoms with Crippen LogP contribution in [0.2, 0.25) is 0 Å². The maximum absolute atomic E-state index is 13.4. The molecule has 7 heteroatoms.